The number of amides is 1. The first-order valence-electron chi connectivity index (χ1n) is 10.8. The third-order valence-electron chi connectivity index (χ3n) is 5.42. The van der Waals surface area contributed by atoms with E-state index in [0.29, 0.717) is 11.4 Å². The molecule has 4 rings (SSSR count). The van der Waals surface area contributed by atoms with Crippen molar-refractivity contribution in [1.29, 1.82) is 0 Å². The molecule has 0 aliphatic rings. The summed E-state index contributed by atoms with van der Waals surface area (Å²) in [6, 6.07) is 18.2. The Morgan fingerprint density at radius 2 is 1.66 bits per heavy atom. The lowest BCUT2D eigenvalue weighted by molar-refractivity contribution is 0.102. The summed E-state index contributed by atoms with van der Waals surface area (Å²) in [7, 11) is -3.81. The van der Waals surface area contributed by atoms with E-state index in [1.54, 1.807) is 42.9 Å². The fourth-order valence-corrected chi connectivity index (χ4v) is 4.39. The van der Waals surface area contributed by atoms with Crippen LogP contribution in [-0.2, 0) is 16.6 Å². The highest BCUT2D eigenvalue weighted by molar-refractivity contribution is 7.92. The maximum Gasteiger partial charge on any atom is 0.261 e. The quantitative estimate of drug-likeness (QED) is 0.371. The molecule has 4 aromatic rings. The van der Waals surface area contributed by atoms with E-state index in [1.165, 1.54) is 24.3 Å². The zero-order valence-electron chi connectivity index (χ0n) is 19.2. The van der Waals surface area contributed by atoms with Crippen molar-refractivity contribution in [2.75, 3.05) is 10.0 Å². The van der Waals surface area contributed by atoms with Gasteiger partial charge in [0.1, 0.15) is 6.61 Å². The second-order valence-corrected chi connectivity index (χ2v) is 9.51. The van der Waals surface area contributed by atoms with Crippen molar-refractivity contribution in [3.63, 3.8) is 0 Å². The zero-order chi connectivity index (χ0) is 24.8. The average Bonchev–Trinajstić information content (AvgIpc) is 2.87. The smallest absolute Gasteiger partial charge is 0.261 e. The van der Waals surface area contributed by atoms with E-state index >= 15 is 0 Å². The summed E-state index contributed by atoms with van der Waals surface area (Å²) < 4.78 is 34.1. The van der Waals surface area contributed by atoms with Gasteiger partial charge in [0.05, 0.1) is 10.6 Å². The number of rotatable bonds is 8. The molecule has 0 aliphatic heterocycles. The minimum Gasteiger partial charge on any atom is -0.485 e. The van der Waals surface area contributed by atoms with E-state index in [0.717, 1.165) is 16.7 Å². The van der Waals surface area contributed by atoms with Crippen molar-refractivity contribution in [2.45, 2.75) is 25.3 Å². The summed E-state index contributed by atoms with van der Waals surface area (Å²) in [4.78, 5) is 21.0. The summed E-state index contributed by atoms with van der Waals surface area (Å²) in [5.74, 6) is 0.235. The van der Waals surface area contributed by atoms with Gasteiger partial charge in [-0.2, -0.15) is 0 Å². The Bertz CT molecular complexity index is 1440. The highest BCUT2D eigenvalue weighted by Crippen LogP contribution is 2.24. The maximum atomic E-state index is 12.8. The van der Waals surface area contributed by atoms with Gasteiger partial charge in [-0.05, 0) is 85.1 Å². The molecule has 2 aromatic heterocycles. The third-order valence-corrected chi connectivity index (χ3v) is 6.80. The molecule has 0 aliphatic carbocycles. The van der Waals surface area contributed by atoms with Crippen LogP contribution in [0.15, 0.2) is 90.2 Å². The van der Waals surface area contributed by atoms with Gasteiger partial charge in [0.2, 0.25) is 0 Å². The molecular formula is C26H24N4O4S. The Balaban J connectivity index is 1.45. The Kier molecular flexibility index (Phi) is 7.07. The molecule has 0 unspecified atom stereocenters. The van der Waals surface area contributed by atoms with Crippen LogP contribution in [0.4, 0.5) is 11.5 Å². The summed E-state index contributed by atoms with van der Waals surface area (Å²) in [5, 5.41) is 2.72. The molecule has 8 nitrogen and oxygen atoms in total. The molecule has 9 heteroatoms. The van der Waals surface area contributed by atoms with Crippen molar-refractivity contribution in [2.24, 2.45) is 0 Å². The number of aryl methyl sites for hydroxylation is 1. The molecule has 178 valence electrons. The molecule has 1 amide bonds. The first kappa shape index (κ1) is 23.9. The highest BCUT2D eigenvalue weighted by Gasteiger charge is 2.17. The highest BCUT2D eigenvalue weighted by atomic mass is 32.2. The van der Waals surface area contributed by atoms with Gasteiger partial charge < -0.3 is 10.1 Å². The maximum absolute atomic E-state index is 12.8. The summed E-state index contributed by atoms with van der Waals surface area (Å²) in [6.07, 6.45) is 4.89. The van der Waals surface area contributed by atoms with Crippen LogP contribution < -0.4 is 14.8 Å². The van der Waals surface area contributed by atoms with Gasteiger partial charge in [-0.1, -0.05) is 12.1 Å². The van der Waals surface area contributed by atoms with Gasteiger partial charge in [-0.3, -0.25) is 14.5 Å². The second kappa shape index (κ2) is 10.4. The Morgan fingerprint density at radius 3 is 2.40 bits per heavy atom. The fraction of sp³-hybridized carbons (Fsp3) is 0.115. The molecule has 35 heavy (non-hydrogen) atoms. The summed E-state index contributed by atoms with van der Waals surface area (Å²) >= 11 is 0. The molecule has 2 heterocycles. The summed E-state index contributed by atoms with van der Waals surface area (Å²) in [6.45, 7) is 4.06. The van der Waals surface area contributed by atoms with Gasteiger partial charge in [0.15, 0.2) is 11.6 Å². The van der Waals surface area contributed by atoms with Crippen molar-refractivity contribution >= 4 is 27.4 Å². The Morgan fingerprint density at radius 1 is 0.914 bits per heavy atom. The molecule has 2 N–H and O–H groups in total. The van der Waals surface area contributed by atoms with Crippen molar-refractivity contribution in [3.8, 4) is 5.75 Å². The van der Waals surface area contributed by atoms with Crippen LogP contribution in [0.2, 0.25) is 0 Å². The van der Waals surface area contributed by atoms with E-state index in [1.807, 2.05) is 32.0 Å². The minimum absolute atomic E-state index is 0.0502. The van der Waals surface area contributed by atoms with Gasteiger partial charge in [0, 0.05) is 24.2 Å². The van der Waals surface area contributed by atoms with Crippen molar-refractivity contribution in [3.05, 3.63) is 108 Å². The minimum atomic E-state index is -3.81. The van der Waals surface area contributed by atoms with Gasteiger partial charge >= 0.3 is 0 Å². The average molecular weight is 489 g/mol. The fourth-order valence-electron chi connectivity index (χ4n) is 3.27. The topological polar surface area (TPSA) is 110 Å². The first-order chi connectivity index (χ1) is 16.8. The molecular weight excluding hydrogens is 464 g/mol. The normalized spacial score (nSPS) is 11.0. The third kappa shape index (κ3) is 5.82. The molecule has 0 saturated carbocycles. The lowest BCUT2D eigenvalue weighted by Crippen LogP contribution is -2.16. The number of nitrogens with zero attached hydrogens (tertiary/aromatic N) is 2. The number of carbonyl (C=O) groups excluding carboxylic acids is 1. The molecule has 0 saturated heterocycles. The predicted octanol–water partition coefficient (Wildman–Crippen LogP) is 4.73. The number of pyridine rings is 2. The largest absolute Gasteiger partial charge is 0.485 e. The lowest BCUT2D eigenvalue weighted by atomic mass is 10.1. The lowest BCUT2D eigenvalue weighted by Gasteiger charge is -2.13. The van der Waals surface area contributed by atoms with E-state index in [9.17, 15) is 13.2 Å². The van der Waals surface area contributed by atoms with Crippen LogP contribution in [0.1, 0.15) is 27.0 Å². The van der Waals surface area contributed by atoms with E-state index in [4.69, 9.17) is 4.74 Å². The van der Waals surface area contributed by atoms with Crippen molar-refractivity contribution in [1.82, 2.24) is 9.97 Å². The number of anilines is 2. The standard InChI is InChI=1S/C26H24N4O4S/c1-18-5-3-6-23(19(18)2)30-35(32,33)22-10-8-21(9-11-22)26(31)29-25-24(7-4-14-28-25)34-17-20-12-15-27-16-13-20/h3-16,30H,17H2,1-2H3,(H,28,29,31). The van der Waals surface area contributed by atoms with Crippen LogP contribution in [0, 0.1) is 13.8 Å². The molecule has 0 atom stereocenters. The van der Waals surface area contributed by atoms with E-state index < -0.39 is 15.9 Å². The number of benzene rings is 2. The zero-order valence-corrected chi connectivity index (χ0v) is 20.0. The predicted molar refractivity (Wildman–Crippen MR) is 134 cm³/mol. The Labute approximate surface area is 204 Å². The van der Waals surface area contributed by atoms with Crippen LogP contribution >= 0.6 is 0 Å². The number of carbonyl (C=O) groups is 1. The number of hydrogen-bond acceptors (Lipinski definition) is 6. The number of ether oxygens (including phenoxy) is 1. The van der Waals surface area contributed by atoms with Crippen LogP contribution in [0.5, 0.6) is 5.75 Å². The van der Waals surface area contributed by atoms with Gasteiger partial charge in [-0.15, -0.1) is 0 Å². The Hall–Kier alpha value is -4.24. The summed E-state index contributed by atoms with van der Waals surface area (Å²) in [5.41, 5.74) is 3.55. The number of nitrogens with one attached hydrogen (secondary N) is 2. The number of sulfonamides is 1. The molecule has 0 fully saturated rings. The molecule has 0 spiro atoms. The molecule has 2 aromatic carbocycles. The monoisotopic (exact) mass is 488 g/mol. The van der Waals surface area contributed by atoms with Gasteiger partial charge in [0.25, 0.3) is 15.9 Å². The van der Waals surface area contributed by atoms with Crippen LogP contribution in [0.25, 0.3) is 0 Å². The second-order valence-electron chi connectivity index (χ2n) is 7.83. The van der Waals surface area contributed by atoms with E-state index in [2.05, 4.69) is 20.0 Å². The molecule has 0 radical (unpaired) electrons. The van der Waals surface area contributed by atoms with E-state index in [-0.39, 0.29) is 22.9 Å². The first-order valence-corrected chi connectivity index (χ1v) is 12.3. The van der Waals surface area contributed by atoms with Crippen molar-refractivity contribution < 1.29 is 17.9 Å². The SMILES string of the molecule is Cc1cccc(NS(=O)(=O)c2ccc(C(=O)Nc3ncccc3OCc3ccncc3)cc2)c1C. The number of hydrogen-bond donors (Lipinski definition) is 2. The van der Waals surface area contributed by atoms with Crippen LogP contribution in [-0.4, -0.2) is 24.3 Å². The van der Waals surface area contributed by atoms with Crippen LogP contribution in [0.3, 0.4) is 0 Å². The molecule has 0 bridgehead atoms. The van der Waals surface area contributed by atoms with Gasteiger partial charge in [-0.25, -0.2) is 13.4 Å². The number of aromatic nitrogens is 2.